The van der Waals surface area contributed by atoms with Crippen molar-refractivity contribution in [2.75, 3.05) is 23.9 Å². The van der Waals surface area contributed by atoms with E-state index in [0.29, 0.717) is 28.7 Å². The van der Waals surface area contributed by atoms with Gasteiger partial charge in [-0.05, 0) is 48.4 Å². The Morgan fingerprint density at radius 2 is 2.04 bits per heavy atom. The van der Waals surface area contributed by atoms with Crippen LogP contribution in [-0.4, -0.2) is 24.5 Å². The molecule has 5 nitrogen and oxygen atoms in total. The zero-order valence-corrected chi connectivity index (χ0v) is 15.5. The molecule has 3 aromatic rings. The molecule has 1 aliphatic heterocycles. The molecule has 0 fully saturated rings. The van der Waals surface area contributed by atoms with Crippen LogP contribution < -0.4 is 15.0 Å². The number of hydrogen-bond donors (Lipinski definition) is 1. The van der Waals surface area contributed by atoms with Crippen molar-refractivity contribution >= 4 is 34.7 Å². The van der Waals surface area contributed by atoms with Crippen LogP contribution in [0.3, 0.4) is 0 Å². The highest BCUT2D eigenvalue weighted by Gasteiger charge is 2.25. The van der Waals surface area contributed by atoms with E-state index in [-0.39, 0.29) is 5.91 Å². The highest BCUT2D eigenvalue weighted by Crippen LogP contribution is 2.30. The van der Waals surface area contributed by atoms with Gasteiger partial charge in [0, 0.05) is 24.1 Å². The summed E-state index contributed by atoms with van der Waals surface area (Å²) in [7, 11) is 1.57. The smallest absolute Gasteiger partial charge is 0.259 e. The molecule has 6 heteroatoms. The SMILES string of the molecule is COc1ccc(Nc2ccc(C(=O)N3CCc4ccccc43)cn2)cc1Cl. The number of benzene rings is 2. The van der Waals surface area contributed by atoms with E-state index in [1.807, 2.05) is 29.2 Å². The number of ether oxygens (including phenoxy) is 1. The summed E-state index contributed by atoms with van der Waals surface area (Å²) in [6.45, 7) is 0.697. The third kappa shape index (κ3) is 3.46. The van der Waals surface area contributed by atoms with Gasteiger partial charge in [-0.25, -0.2) is 4.98 Å². The Morgan fingerprint density at radius 1 is 1.19 bits per heavy atom. The van der Waals surface area contributed by atoms with Crippen molar-refractivity contribution in [3.63, 3.8) is 0 Å². The maximum absolute atomic E-state index is 12.8. The van der Waals surface area contributed by atoms with E-state index in [9.17, 15) is 4.79 Å². The van der Waals surface area contributed by atoms with Gasteiger partial charge in [0.2, 0.25) is 0 Å². The molecule has 4 rings (SSSR count). The lowest BCUT2D eigenvalue weighted by molar-refractivity contribution is 0.0989. The third-order valence-electron chi connectivity index (χ3n) is 4.57. The number of nitrogens with one attached hydrogen (secondary N) is 1. The Balaban J connectivity index is 1.49. The molecule has 1 N–H and O–H groups in total. The highest BCUT2D eigenvalue weighted by molar-refractivity contribution is 6.32. The Kier molecular flexibility index (Phi) is 4.69. The Morgan fingerprint density at radius 3 is 2.78 bits per heavy atom. The van der Waals surface area contributed by atoms with Gasteiger partial charge in [-0.15, -0.1) is 0 Å². The zero-order valence-electron chi connectivity index (χ0n) is 14.8. The number of halogens is 1. The van der Waals surface area contributed by atoms with Gasteiger partial charge in [-0.2, -0.15) is 0 Å². The Bertz CT molecular complexity index is 989. The van der Waals surface area contributed by atoms with E-state index in [1.54, 1.807) is 37.6 Å². The van der Waals surface area contributed by atoms with Crippen molar-refractivity contribution in [2.24, 2.45) is 0 Å². The van der Waals surface area contributed by atoms with Crippen molar-refractivity contribution in [2.45, 2.75) is 6.42 Å². The summed E-state index contributed by atoms with van der Waals surface area (Å²) in [5.74, 6) is 1.21. The maximum atomic E-state index is 12.8. The van der Waals surface area contributed by atoms with Crippen LogP contribution in [0.25, 0.3) is 0 Å². The number of hydrogen-bond acceptors (Lipinski definition) is 4. The molecule has 0 bridgehead atoms. The molecule has 0 spiro atoms. The quantitative estimate of drug-likeness (QED) is 0.714. The zero-order chi connectivity index (χ0) is 18.8. The molecule has 1 aliphatic rings. The van der Waals surface area contributed by atoms with Gasteiger partial charge < -0.3 is 15.0 Å². The minimum Gasteiger partial charge on any atom is -0.495 e. The van der Waals surface area contributed by atoms with Crippen LogP contribution in [-0.2, 0) is 6.42 Å². The first-order valence-electron chi connectivity index (χ1n) is 8.62. The maximum Gasteiger partial charge on any atom is 0.259 e. The molecule has 1 aromatic heterocycles. The van der Waals surface area contributed by atoms with Gasteiger partial charge in [-0.1, -0.05) is 29.8 Å². The van der Waals surface area contributed by atoms with Crippen LogP contribution in [0.15, 0.2) is 60.8 Å². The second kappa shape index (κ2) is 7.29. The van der Waals surface area contributed by atoms with Gasteiger partial charge in [-0.3, -0.25) is 4.79 Å². The van der Waals surface area contributed by atoms with Gasteiger partial charge in [0.25, 0.3) is 5.91 Å². The number of amides is 1. The second-order valence-corrected chi connectivity index (χ2v) is 6.65. The summed E-state index contributed by atoms with van der Waals surface area (Å²) < 4.78 is 5.15. The van der Waals surface area contributed by atoms with Crippen molar-refractivity contribution in [3.05, 3.63) is 76.9 Å². The van der Waals surface area contributed by atoms with Crippen molar-refractivity contribution in [1.29, 1.82) is 0 Å². The van der Waals surface area contributed by atoms with E-state index in [2.05, 4.69) is 16.4 Å². The van der Waals surface area contributed by atoms with Crippen LogP contribution in [0.2, 0.25) is 5.02 Å². The summed E-state index contributed by atoms with van der Waals surface area (Å²) in [5, 5.41) is 3.69. The minimum atomic E-state index is -0.0357. The topological polar surface area (TPSA) is 54.5 Å². The highest BCUT2D eigenvalue weighted by atomic mass is 35.5. The molecule has 0 unspecified atom stereocenters. The van der Waals surface area contributed by atoms with E-state index in [4.69, 9.17) is 16.3 Å². The first kappa shape index (κ1) is 17.4. The second-order valence-electron chi connectivity index (χ2n) is 6.24. The molecule has 2 aromatic carbocycles. The molecule has 0 radical (unpaired) electrons. The number of aromatic nitrogens is 1. The lowest BCUT2D eigenvalue weighted by Crippen LogP contribution is -2.28. The van der Waals surface area contributed by atoms with Gasteiger partial charge in [0.15, 0.2) is 0 Å². The van der Waals surface area contributed by atoms with Crippen LogP contribution >= 0.6 is 11.6 Å². The summed E-state index contributed by atoms with van der Waals surface area (Å²) in [6.07, 6.45) is 2.48. The van der Waals surface area contributed by atoms with Gasteiger partial charge in [0.1, 0.15) is 11.6 Å². The van der Waals surface area contributed by atoms with Crippen LogP contribution in [0.5, 0.6) is 5.75 Å². The predicted molar refractivity (Wildman–Crippen MR) is 107 cm³/mol. The number of fused-ring (bicyclic) bond motifs is 1. The monoisotopic (exact) mass is 379 g/mol. The molecular weight excluding hydrogens is 362 g/mol. The number of methoxy groups -OCH3 is 1. The first-order valence-corrected chi connectivity index (χ1v) is 9.00. The van der Waals surface area contributed by atoms with E-state index < -0.39 is 0 Å². The van der Waals surface area contributed by atoms with E-state index in [0.717, 1.165) is 17.8 Å². The normalized spacial score (nSPS) is 12.6. The number of rotatable bonds is 4. The molecule has 27 heavy (non-hydrogen) atoms. The first-order chi connectivity index (χ1) is 13.2. The molecular formula is C21H18ClN3O2. The number of pyridine rings is 1. The molecule has 2 heterocycles. The minimum absolute atomic E-state index is 0.0357. The summed E-state index contributed by atoms with van der Waals surface area (Å²) >= 11 is 6.14. The summed E-state index contributed by atoms with van der Waals surface area (Å²) in [6, 6.07) is 17.0. The molecule has 0 atom stereocenters. The lowest BCUT2D eigenvalue weighted by Gasteiger charge is -2.17. The predicted octanol–water partition coefficient (Wildman–Crippen LogP) is 4.69. The van der Waals surface area contributed by atoms with Crippen molar-refractivity contribution < 1.29 is 9.53 Å². The molecule has 1 amide bonds. The number of para-hydroxylation sites is 1. The average Bonchev–Trinajstić information content (AvgIpc) is 3.12. The fourth-order valence-corrected chi connectivity index (χ4v) is 3.45. The lowest BCUT2D eigenvalue weighted by atomic mass is 10.2. The summed E-state index contributed by atoms with van der Waals surface area (Å²) in [4.78, 5) is 19.0. The van der Waals surface area contributed by atoms with Crippen LogP contribution in [0.1, 0.15) is 15.9 Å². The van der Waals surface area contributed by atoms with E-state index >= 15 is 0 Å². The van der Waals surface area contributed by atoms with Crippen molar-refractivity contribution in [3.8, 4) is 5.75 Å². The van der Waals surface area contributed by atoms with Crippen molar-refractivity contribution in [1.82, 2.24) is 4.98 Å². The Hall–Kier alpha value is -3.05. The van der Waals surface area contributed by atoms with Gasteiger partial charge in [0.05, 0.1) is 17.7 Å². The third-order valence-corrected chi connectivity index (χ3v) is 4.86. The fourth-order valence-electron chi connectivity index (χ4n) is 3.19. The fraction of sp³-hybridized carbons (Fsp3) is 0.143. The number of carbonyl (C=O) groups excluding carboxylic acids is 1. The molecule has 136 valence electrons. The Labute approximate surface area is 162 Å². The summed E-state index contributed by atoms with van der Waals surface area (Å²) in [5.41, 5.74) is 3.54. The molecule has 0 aliphatic carbocycles. The largest absolute Gasteiger partial charge is 0.495 e. The standard InChI is InChI=1S/C21H18ClN3O2/c1-27-19-8-7-16(12-17(19)22)24-20-9-6-15(13-23-20)21(26)25-11-10-14-4-2-3-5-18(14)25/h2-9,12-13H,10-11H2,1H3,(H,23,24). The van der Waals surface area contributed by atoms with Crippen LogP contribution in [0.4, 0.5) is 17.2 Å². The molecule has 0 saturated heterocycles. The number of nitrogens with zero attached hydrogens (tertiary/aromatic N) is 2. The van der Waals surface area contributed by atoms with Crippen LogP contribution in [0, 0.1) is 0 Å². The number of anilines is 3. The number of carbonyl (C=O) groups is 1. The van der Waals surface area contributed by atoms with E-state index in [1.165, 1.54) is 5.56 Å². The van der Waals surface area contributed by atoms with Gasteiger partial charge >= 0.3 is 0 Å². The average molecular weight is 380 g/mol. The molecule has 0 saturated carbocycles.